The van der Waals surface area contributed by atoms with Gasteiger partial charge < -0.3 is 9.30 Å². The number of ether oxygens (including phenoxy) is 1. The smallest absolute Gasteiger partial charge is 0.344 e. The Labute approximate surface area is 87.9 Å². The van der Waals surface area contributed by atoms with E-state index in [0.29, 0.717) is 11.4 Å². The monoisotopic (exact) mass is 201 g/mol. The minimum atomic E-state index is -0.336. The summed E-state index contributed by atoms with van der Waals surface area (Å²) in [4.78, 5) is 11.6. The lowest BCUT2D eigenvalue weighted by molar-refractivity contribution is 0.0722. The zero-order chi connectivity index (χ0) is 10.7. The number of rotatable bonds is 2. The van der Waals surface area contributed by atoms with Crippen LogP contribution in [0.1, 0.15) is 10.4 Å². The molecule has 0 N–H and O–H groups in total. The number of benzene rings is 1. The third kappa shape index (κ3) is 2.07. The van der Waals surface area contributed by atoms with Crippen molar-refractivity contribution in [2.24, 2.45) is 7.05 Å². The van der Waals surface area contributed by atoms with Crippen LogP contribution in [0.25, 0.3) is 0 Å². The second kappa shape index (κ2) is 4.00. The van der Waals surface area contributed by atoms with Gasteiger partial charge in [0.1, 0.15) is 0 Å². The van der Waals surface area contributed by atoms with E-state index in [1.54, 1.807) is 22.8 Å². The van der Waals surface area contributed by atoms with Gasteiger partial charge in [0.2, 0.25) is 5.88 Å². The van der Waals surface area contributed by atoms with Crippen molar-refractivity contribution in [3.63, 3.8) is 0 Å². The minimum absolute atomic E-state index is 0.336. The molecule has 0 aliphatic rings. The Balaban J connectivity index is 2.15. The van der Waals surface area contributed by atoms with Gasteiger partial charge in [-0.1, -0.05) is 18.2 Å². The van der Waals surface area contributed by atoms with Crippen molar-refractivity contribution in [3.05, 3.63) is 54.2 Å². The van der Waals surface area contributed by atoms with Gasteiger partial charge in [-0.2, -0.15) is 0 Å². The maximum absolute atomic E-state index is 11.6. The highest BCUT2D eigenvalue weighted by Crippen LogP contribution is 2.12. The molecular formula is C12H11NO2. The Hall–Kier alpha value is -2.03. The lowest BCUT2D eigenvalue weighted by atomic mass is 10.2. The number of esters is 1. The van der Waals surface area contributed by atoms with E-state index in [1.165, 1.54) is 0 Å². The van der Waals surface area contributed by atoms with Crippen LogP contribution in [-0.2, 0) is 7.05 Å². The Kier molecular flexibility index (Phi) is 2.54. The van der Waals surface area contributed by atoms with Crippen LogP contribution in [-0.4, -0.2) is 10.5 Å². The summed E-state index contributed by atoms with van der Waals surface area (Å²) in [5.41, 5.74) is 0.554. The number of nitrogens with zero attached hydrogens (tertiary/aromatic N) is 1. The molecule has 0 bridgehead atoms. The van der Waals surface area contributed by atoms with Crippen molar-refractivity contribution in [1.82, 2.24) is 4.57 Å². The minimum Gasteiger partial charge on any atom is -0.406 e. The van der Waals surface area contributed by atoms with E-state index in [2.05, 4.69) is 0 Å². The third-order valence-electron chi connectivity index (χ3n) is 2.10. The van der Waals surface area contributed by atoms with E-state index in [-0.39, 0.29) is 5.97 Å². The predicted octanol–water partition coefficient (Wildman–Crippen LogP) is 2.24. The molecule has 0 amide bonds. The molecule has 3 heteroatoms. The van der Waals surface area contributed by atoms with Crippen LogP contribution >= 0.6 is 0 Å². The molecule has 0 fully saturated rings. The number of aromatic nitrogens is 1. The Morgan fingerprint density at radius 1 is 1.13 bits per heavy atom. The molecule has 3 nitrogen and oxygen atoms in total. The summed E-state index contributed by atoms with van der Waals surface area (Å²) in [6, 6.07) is 12.5. The van der Waals surface area contributed by atoms with E-state index in [9.17, 15) is 4.79 Å². The van der Waals surface area contributed by atoms with E-state index >= 15 is 0 Å². The van der Waals surface area contributed by atoms with E-state index in [1.807, 2.05) is 37.5 Å². The first kappa shape index (κ1) is 9.52. The standard InChI is InChI=1S/C12H11NO2/c1-13-9-5-8-11(13)15-12(14)10-6-3-2-4-7-10/h2-9H,1H3. The molecule has 0 radical (unpaired) electrons. The molecule has 0 aliphatic carbocycles. The van der Waals surface area contributed by atoms with Crippen LogP contribution in [0, 0.1) is 0 Å². The quantitative estimate of drug-likeness (QED) is 0.698. The highest BCUT2D eigenvalue weighted by molar-refractivity contribution is 5.90. The molecule has 15 heavy (non-hydrogen) atoms. The number of aryl methyl sites for hydroxylation is 1. The van der Waals surface area contributed by atoms with Gasteiger partial charge in [-0.15, -0.1) is 0 Å². The second-order valence-electron chi connectivity index (χ2n) is 3.21. The summed E-state index contributed by atoms with van der Waals surface area (Å²) in [7, 11) is 1.83. The zero-order valence-electron chi connectivity index (χ0n) is 8.38. The van der Waals surface area contributed by atoms with Crippen molar-refractivity contribution in [1.29, 1.82) is 0 Å². The number of carbonyl (C=O) groups is 1. The number of carbonyl (C=O) groups excluding carboxylic acids is 1. The summed E-state index contributed by atoms with van der Waals surface area (Å²) in [6.45, 7) is 0. The van der Waals surface area contributed by atoms with Crippen LogP contribution in [0.4, 0.5) is 0 Å². The van der Waals surface area contributed by atoms with Gasteiger partial charge in [-0.3, -0.25) is 0 Å². The highest BCUT2D eigenvalue weighted by atomic mass is 16.5. The third-order valence-corrected chi connectivity index (χ3v) is 2.10. The molecule has 0 aliphatic heterocycles. The largest absolute Gasteiger partial charge is 0.406 e. The van der Waals surface area contributed by atoms with Gasteiger partial charge in [0.05, 0.1) is 5.56 Å². The number of hydrogen-bond donors (Lipinski definition) is 0. The van der Waals surface area contributed by atoms with Crippen molar-refractivity contribution >= 4 is 5.97 Å². The normalized spacial score (nSPS) is 9.93. The molecule has 2 rings (SSSR count). The summed E-state index contributed by atoms with van der Waals surface area (Å²) in [6.07, 6.45) is 1.83. The maximum Gasteiger partial charge on any atom is 0.344 e. The molecule has 1 aromatic carbocycles. The Morgan fingerprint density at radius 3 is 2.47 bits per heavy atom. The molecule has 0 atom stereocenters. The summed E-state index contributed by atoms with van der Waals surface area (Å²) >= 11 is 0. The molecule has 2 aromatic rings. The summed E-state index contributed by atoms with van der Waals surface area (Å²) in [5, 5.41) is 0. The fourth-order valence-electron chi connectivity index (χ4n) is 1.28. The van der Waals surface area contributed by atoms with Crippen molar-refractivity contribution in [2.75, 3.05) is 0 Å². The van der Waals surface area contributed by atoms with Gasteiger partial charge in [0.15, 0.2) is 0 Å². The van der Waals surface area contributed by atoms with Gasteiger partial charge in [0, 0.05) is 19.3 Å². The van der Waals surface area contributed by atoms with Crippen LogP contribution in [0.3, 0.4) is 0 Å². The fourth-order valence-corrected chi connectivity index (χ4v) is 1.28. The van der Waals surface area contributed by atoms with Gasteiger partial charge >= 0.3 is 5.97 Å². The molecule has 76 valence electrons. The van der Waals surface area contributed by atoms with Crippen LogP contribution in [0.15, 0.2) is 48.7 Å². The molecule has 0 saturated heterocycles. The number of hydrogen-bond acceptors (Lipinski definition) is 2. The van der Waals surface area contributed by atoms with E-state index in [4.69, 9.17) is 4.74 Å². The topological polar surface area (TPSA) is 31.2 Å². The zero-order valence-corrected chi connectivity index (χ0v) is 8.38. The average Bonchev–Trinajstić information content (AvgIpc) is 2.66. The molecule has 0 unspecified atom stereocenters. The maximum atomic E-state index is 11.6. The van der Waals surface area contributed by atoms with Crippen molar-refractivity contribution in [2.45, 2.75) is 0 Å². The first-order valence-corrected chi connectivity index (χ1v) is 4.66. The molecule has 0 spiro atoms. The second-order valence-corrected chi connectivity index (χ2v) is 3.21. The van der Waals surface area contributed by atoms with Gasteiger partial charge in [-0.05, 0) is 18.2 Å². The summed E-state index contributed by atoms with van der Waals surface area (Å²) < 4.78 is 6.95. The molecule has 1 aromatic heterocycles. The lowest BCUT2D eigenvalue weighted by Gasteiger charge is -2.04. The average molecular weight is 201 g/mol. The first-order valence-electron chi connectivity index (χ1n) is 4.66. The van der Waals surface area contributed by atoms with Crippen LogP contribution in [0.5, 0.6) is 5.88 Å². The molecule has 0 saturated carbocycles. The molecular weight excluding hydrogens is 190 g/mol. The first-order chi connectivity index (χ1) is 7.27. The van der Waals surface area contributed by atoms with E-state index < -0.39 is 0 Å². The van der Waals surface area contributed by atoms with Gasteiger partial charge in [-0.25, -0.2) is 4.79 Å². The lowest BCUT2D eigenvalue weighted by Crippen LogP contribution is -2.10. The van der Waals surface area contributed by atoms with Crippen LogP contribution < -0.4 is 4.74 Å². The Bertz CT molecular complexity index is 459. The van der Waals surface area contributed by atoms with Crippen molar-refractivity contribution in [3.8, 4) is 5.88 Å². The van der Waals surface area contributed by atoms with Gasteiger partial charge in [0.25, 0.3) is 0 Å². The SMILES string of the molecule is Cn1cccc1OC(=O)c1ccccc1. The predicted molar refractivity (Wildman–Crippen MR) is 56.8 cm³/mol. The Morgan fingerprint density at radius 2 is 1.87 bits per heavy atom. The summed E-state index contributed by atoms with van der Waals surface area (Å²) in [5.74, 6) is 0.209. The van der Waals surface area contributed by atoms with Crippen molar-refractivity contribution < 1.29 is 9.53 Å². The van der Waals surface area contributed by atoms with E-state index in [0.717, 1.165) is 0 Å². The van der Waals surface area contributed by atoms with Crippen LogP contribution in [0.2, 0.25) is 0 Å². The fraction of sp³-hybridized carbons (Fsp3) is 0.0833. The molecule has 1 heterocycles. The highest BCUT2D eigenvalue weighted by Gasteiger charge is 2.08.